The van der Waals surface area contributed by atoms with E-state index in [9.17, 15) is 9.59 Å². The summed E-state index contributed by atoms with van der Waals surface area (Å²) in [6.07, 6.45) is 0. The summed E-state index contributed by atoms with van der Waals surface area (Å²) in [5.74, 6) is -0.132. The minimum absolute atomic E-state index is 0.161. The van der Waals surface area contributed by atoms with E-state index in [1.54, 1.807) is 24.3 Å². The molecule has 0 fully saturated rings. The number of rotatable bonds is 5. The summed E-state index contributed by atoms with van der Waals surface area (Å²) in [5.41, 5.74) is 1.71. The van der Waals surface area contributed by atoms with Gasteiger partial charge in [0, 0.05) is 16.6 Å². The van der Waals surface area contributed by atoms with Crippen LogP contribution in [0.3, 0.4) is 0 Å². The lowest BCUT2D eigenvalue weighted by Crippen LogP contribution is -2.13. The van der Waals surface area contributed by atoms with Gasteiger partial charge in [0.05, 0.1) is 12.0 Å². The van der Waals surface area contributed by atoms with Gasteiger partial charge >= 0.3 is 5.97 Å². The largest absolute Gasteiger partial charge is 0.482 e. The van der Waals surface area contributed by atoms with E-state index in [4.69, 9.17) is 4.74 Å². The predicted octanol–water partition coefficient (Wildman–Crippen LogP) is 3.17. The van der Waals surface area contributed by atoms with Gasteiger partial charge in [0.15, 0.2) is 6.61 Å². The number of hydrogen-bond acceptors (Lipinski definition) is 5. The van der Waals surface area contributed by atoms with Gasteiger partial charge in [0.2, 0.25) is 0 Å². The van der Waals surface area contributed by atoms with Crippen LogP contribution < -0.4 is 10.1 Å². The van der Waals surface area contributed by atoms with Crippen LogP contribution in [0.4, 0.5) is 5.69 Å². The number of benzene rings is 1. The Morgan fingerprint density at radius 1 is 1.23 bits per heavy atom. The van der Waals surface area contributed by atoms with Crippen LogP contribution in [-0.4, -0.2) is 25.6 Å². The number of anilines is 1. The number of methoxy groups -OCH3 is 1. The van der Waals surface area contributed by atoms with Crippen molar-refractivity contribution in [2.75, 3.05) is 19.0 Å². The molecular formula is C16H17NO4S. The normalized spacial score (nSPS) is 10.1. The Morgan fingerprint density at radius 3 is 2.64 bits per heavy atom. The second kappa shape index (κ2) is 7.09. The first-order valence-corrected chi connectivity index (χ1v) is 7.49. The predicted molar refractivity (Wildman–Crippen MR) is 85.7 cm³/mol. The van der Waals surface area contributed by atoms with Crippen LogP contribution in [0.25, 0.3) is 0 Å². The third kappa shape index (κ3) is 4.08. The van der Waals surface area contributed by atoms with Gasteiger partial charge in [0.25, 0.3) is 5.91 Å². The lowest BCUT2D eigenvalue weighted by Gasteiger charge is -2.08. The lowest BCUT2D eigenvalue weighted by atomic mass is 10.2. The van der Waals surface area contributed by atoms with E-state index in [0.717, 1.165) is 10.4 Å². The molecule has 0 unspecified atom stereocenters. The Kier molecular flexibility index (Phi) is 5.16. The van der Waals surface area contributed by atoms with Gasteiger partial charge in [-0.15, -0.1) is 11.3 Å². The molecule has 6 heteroatoms. The highest BCUT2D eigenvalue weighted by Crippen LogP contribution is 2.23. The van der Waals surface area contributed by atoms with Gasteiger partial charge < -0.3 is 14.8 Å². The highest BCUT2D eigenvalue weighted by molar-refractivity contribution is 7.14. The highest BCUT2D eigenvalue weighted by Gasteiger charge is 2.11. The molecule has 1 N–H and O–H groups in total. The first kappa shape index (κ1) is 16.0. The van der Waals surface area contributed by atoms with E-state index >= 15 is 0 Å². The summed E-state index contributed by atoms with van der Waals surface area (Å²) in [6.45, 7) is 3.79. The summed E-state index contributed by atoms with van der Waals surface area (Å²) in [4.78, 5) is 25.0. The van der Waals surface area contributed by atoms with Crippen molar-refractivity contribution in [2.24, 2.45) is 0 Å². The second-order valence-electron chi connectivity index (χ2n) is 4.70. The molecule has 0 bridgehead atoms. The van der Waals surface area contributed by atoms with Gasteiger partial charge in [-0.2, -0.15) is 0 Å². The van der Waals surface area contributed by atoms with Gasteiger partial charge in [-0.3, -0.25) is 4.79 Å². The van der Waals surface area contributed by atoms with E-state index in [-0.39, 0.29) is 12.5 Å². The molecule has 22 heavy (non-hydrogen) atoms. The molecule has 1 amide bonds. The zero-order valence-corrected chi connectivity index (χ0v) is 13.5. The molecule has 1 heterocycles. The van der Waals surface area contributed by atoms with E-state index in [0.29, 0.717) is 16.3 Å². The number of amides is 1. The molecule has 116 valence electrons. The van der Waals surface area contributed by atoms with Gasteiger partial charge in [0.1, 0.15) is 5.75 Å². The van der Waals surface area contributed by atoms with Crippen molar-refractivity contribution in [2.45, 2.75) is 13.8 Å². The van der Waals surface area contributed by atoms with Crippen molar-refractivity contribution in [3.05, 3.63) is 45.6 Å². The van der Waals surface area contributed by atoms with Gasteiger partial charge in [-0.05, 0) is 37.6 Å². The quantitative estimate of drug-likeness (QED) is 0.860. The Bertz CT molecular complexity index is 674. The molecule has 5 nitrogen and oxygen atoms in total. The number of hydrogen-bond donors (Lipinski definition) is 1. The number of carbonyl (C=O) groups excluding carboxylic acids is 2. The van der Waals surface area contributed by atoms with E-state index in [1.807, 2.05) is 19.9 Å². The SMILES string of the molecule is COC(=O)COc1cccc(NC(=O)c2cc(C)c(C)s2)c1. The average Bonchev–Trinajstić information content (AvgIpc) is 2.85. The Hall–Kier alpha value is -2.34. The Labute approximate surface area is 132 Å². The number of carbonyl (C=O) groups is 2. The van der Waals surface area contributed by atoms with Gasteiger partial charge in [-0.1, -0.05) is 6.07 Å². The molecule has 0 aliphatic carbocycles. The molecule has 0 atom stereocenters. The van der Waals surface area contributed by atoms with Crippen molar-refractivity contribution in [1.82, 2.24) is 0 Å². The van der Waals surface area contributed by atoms with Crippen LogP contribution in [0.1, 0.15) is 20.1 Å². The van der Waals surface area contributed by atoms with Crippen molar-refractivity contribution in [1.29, 1.82) is 0 Å². The van der Waals surface area contributed by atoms with Crippen LogP contribution in [-0.2, 0) is 9.53 Å². The minimum atomic E-state index is -0.459. The second-order valence-corrected chi connectivity index (χ2v) is 5.95. The average molecular weight is 319 g/mol. The molecule has 1 aromatic heterocycles. The zero-order chi connectivity index (χ0) is 16.1. The summed E-state index contributed by atoms with van der Waals surface area (Å²) in [5, 5.41) is 2.82. The fourth-order valence-corrected chi connectivity index (χ4v) is 2.67. The summed E-state index contributed by atoms with van der Waals surface area (Å²) in [6, 6.07) is 8.74. The van der Waals surface area contributed by atoms with Crippen LogP contribution in [0.2, 0.25) is 0 Å². The smallest absolute Gasteiger partial charge is 0.343 e. The lowest BCUT2D eigenvalue weighted by molar-refractivity contribution is -0.142. The number of ether oxygens (including phenoxy) is 2. The Balaban J connectivity index is 2.03. The van der Waals surface area contributed by atoms with Crippen LogP contribution in [0.5, 0.6) is 5.75 Å². The molecule has 2 rings (SSSR count). The van der Waals surface area contributed by atoms with Crippen molar-refractivity contribution < 1.29 is 19.1 Å². The fourth-order valence-electron chi connectivity index (χ4n) is 1.74. The minimum Gasteiger partial charge on any atom is -0.482 e. The summed E-state index contributed by atoms with van der Waals surface area (Å²) >= 11 is 1.46. The molecule has 0 radical (unpaired) electrons. The summed E-state index contributed by atoms with van der Waals surface area (Å²) < 4.78 is 9.79. The van der Waals surface area contributed by atoms with Crippen molar-refractivity contribution in [3.8, 4) is 5.75 Å². The molecule has 2 aromatic rings. The van der Waals surface area contributed by atoms with E-state index < -0.39 is 5.97 Å². The van der Waals surface area contributed by atoms with Gasteiger partial charge in [-0.25, -0.2) is 4.79 Å². The highest BCUT2D eigenvalue weighted by atomic mass is 32.1. The van der Waals surface area contributed by atoms with Crippen molar-refractivity contribution >= 4 is 28.9 Å². The molecule has 0 aliphatic rings. The molecule has 0 spiro atoms. The maximum Gasteiger partial charge on any atom is 0.343 e. The van der Waals surface area contributed by atoms with Crippen LogP contribution in [0, 0.1) is 13.8 Å². The monoisotopic (exact) mass is 319 g/mol. The third-order valence-electron chi connectivity index (χ3n) is 3.07. The number of aryl methyl sites for hydroxylation is 2. The first-order chi connectivity index (χ1) is 10.5. The number of nitrogens with one attached hydrogen (secondary N) is 1. The van der Waals surface area contributed by atoms with Crippen LogP contribution in [0.15, 0.2) is 30.3 Å². The third-order valence-corrected chi connectivity index (χ3v) is 4.22. The number of thiophene rings is 1. The van der Waals surface area contributed by atoms with E-state index in [1.165, 1.54) is 18.4 Å². The fraction of sp³-hybridized carbons (Fsp3) is 0.250. The molecule has 0 saturated carbocycles. The van der Waals surface area contributed by atoms with Crippen LogP contribution >= 0.6 is 11.3 Å². The van der Waals surface area contributed by atoms with Crippen molar-refractivity contribution in [3.63, 3.8) is 0 Å². The maximum atomic E-state index is 12.2. The number of esters is 1. The molecule has 0 saturated heterocycles. The Morgan fingerprint density at radius 2 is 2.00 bits per heavy atom. The molecule has 0 aliphatic heterocycles. The topological polar surface area (TPSA) is 64.6 Å². The molecule has 1 aromatic carbocycles. The standard InChI is InChI=1S/C16H17NO4S/c1-10-7-14(22-11(10)2)16(19)17-12-5-4-6-13(8-12)21-9-15(18)20-3/h4-8H,9H2,1-3H3,(H,17,19). The first-order valence-electron chi connectivity index (χ1n) is 6.67. The van der Waals surface area contributed by atoms with E-state index in [2.05, 4.69) is 10.1 Å². The molecular weight excluding hydrogens is 302 g/mol. The zero-order valence-electron chi connectivity index (χ0n) is 12.6. The summed E-state index contributed by atoms with van der Waals surface area (Å²) in [7, 11) is 1.30. The maximum absolute atomic E-state index is 12.2.